The zero-order valence-corrected chi connectivity index (χ0v) is 14.9. The van der Waals surface area contributed by atoms with Gasteiger partial charge in [0.25, 0.3) is 5.91 Å². The van der Waals surface area contributed by atoms with E-state index in [2.05, 4.69) is 25.4 Å². The first kappa shape index (κ1) is 17.3. The summed E-state index contributed by atoms with van der Waals surface area (Å²) in [5.41, 5.74) is 8.72. The maximum absolute atomic E-state index is 12.1. The Morgan fingerprint density at radius 3 is 2.58 bits per heavy atom. The molecule has 26 heavy (non-hydrogen) atoms. The minimum Gasteiger partial charge on any atom is -0.383 e. The number of rotatable bonds is 4. The van der Waals surface area contributed by atoms with E-state index in [1.54, 1.807) is 33.2 Å². The summed E-state index contributed by atoms with van der Waals surface area (Å²) in [5.74, 6) is 1.30. The number of benzene rings is 1. The first-order chi connectivity index (χ1) is 12.3. The average molecular weight is 353 g/mol. The monoisotopic (exact) mass is 353 g/mol. The molecule has 0 saturated carbocycles. The summed E-state index contributed by atoms with van der Waals surface area (Å²) >= 11 is 0. The van der Waals surface area contributed by atoms with Crippen molar-refractivity contribution in [3.8, 4) is 11.4 Å². The molecule has 0 atom stereocenters. The Hall–Kier alpha value is -3.49. The molecule has 0 radical (unpaired) electrons. The Kier molecular flexibility index (Phi) is 4.53. The van der Waals surface area contributed by atoms with Crippen molar-refractivity contribution in [3.05, 3.63) is 41.4 Å². The first-order valence-electron chi connectivity index (χ1n) is 7.87. The molecule has 3 rings (SSSR count). The van der Waals surface area contributed by atoms with Gasteiger partial charge in [0.15, 0.2) is 0 Å². The number of nitrogens with two attached hydrogens (primary N) is 1. The summed E-state index contributed by atoms with van der Waals surface area (Å²) in [7, 11) is 3.44. The van der Waals surface area contributed by atoms with Gasteiger partial charge in [0.1, 0.15) is 5.82 Å². The smallest absolute Gasteiger partial charge is 0.253 e. The van der Waals surface area contributed by atoms with Crippen LogP contribution in [0.5, 0.6) is 0 Å². The van der Waals surface area contributed by atoms with Gasteiger partial charge >= 0.3 is 0 Å². The molecule has 0 aliphatic heterocycles. The highest BCUT2D eigenvalue weighted by Crippen LogP contribution is 2.24. The van der Waals surface area contributed by atoms with E-state index < -0.39 is 0 Å². The molecule has 2 heterocycles. The molecule has 9 nitrogen and oxygen atoms in total. The molecule has 134 valence electrons. The van der Waals surface area contributed by atoms with Crippen molar-refractivity contribution in [2.24, 2.45) is 0 Å². The van der Waals surface area contributed by atoms with E-state index in [0.717, 1.165) is 11.3 Å². The van der Waals surface area contributed by atoms with Crippen molar-refractivity contribution in [1.82, 2.24) is 25.0 Å². The lowest BCUT2D eigenvalue weighted by atomic mass is 10.1. The Morgan fingerprint density at radius 1 is 1.23 bits per heavy atom. The molecular weight excluding hydrogens is 334 g/mol. The summed E-state index contributed by atoms with van der Waals surface area (Å²) in [6.07, 6.45) is 1.53. The fourth-order valence-corrected chi connectivity index (χ4v) is 2.39. The third kappa shape index (κ3) is 3.46. The van der Waals surface area contributed by atoms with Crippen molar-refractivity contribution >= 4 is 23.4 Å². The average Bonchev–Trinajstić information content (AvgIpc) is 3.00. The van der Waals surface area contributed by atoms with Crippen LogP contribution in [0.15, 0.2) is 28.9 Å². The molecule has 1 amide bonds. The van der Waals surface area contributed by atoms with E-state index >= 15 is 0 Å². The molecule has 0 bridgehead atoms. The highest BCUT2D eigenvalue weighted by molar-refractivity contribution is 5.95. The summed E-state index contributed by atoms with van der Waals surface area (Å²) in [6, 6.07) is 5.41. The molecule has 2 aromatic heterocycles. The molecule has 3 N–H and O–H groups in total. The number of nitrogens with one attached hydrogen (secondary N) is 1. The van der Waals surface area contributed by atoms with Gasteiger partial charge in [0.2, 0.25) is 17.7 Å². The zero-order chi connectivity index (χ0) is 18.8. The number of aromatic nitrogens is 4. The second-order valence-electron chi connectivity index (χ2n) is 5.98. The fraction of sp³-hybridized carbons (Fsp3) is 0.235. The van der Waals surface area contributed by atoms with Crippen LogP contribution in [0.4, 0.5) is 17.5 Å². The normalized spacial score (nSPS) is 10.6. The molecule has 0 spiro atoms. The van der Waals surface area contributed by atoms with E-state index in [9.17, 15) is 4.79 Å². The van der Waals surface area contributed by atoms with Crippen LogP contribution in [0.3, 0.4) is 0 Å². The lowest BCUT2D eigenvalue weighted by Gasteiger charge is -2.14. The Morgan fingerprint density at radius 2 is 2.00 bits per heavy atom. The number of aryl methyl sites for hydroxylation is 2. The number of carbonyl (C=O) groups excluding carboxylic acids is 1. The van der Waals surface area contributed by atoms with Crippen LogP contribution in [0, 0.1) is 13.8 Å². The third-order valence-corrected chi connectivity index (χ3v) is 3.71. The van der Waals surface area contributed by atoms with Gasteiger partial charge in [-0.15, -0.1) is 0 Å². The van der Waals surface area contributed by atoms with Crippen LogP contribution in [-0.4, -0.2) is 45.0 Å². The largest absolute Gasteiger partial charge is 0.383 e. The third-order valence-electron chi connectivity index (χ3n) is 3.71. The second kappa shape index (κ2) is 6.79. The molecule has 0 aliphatic carbocycles. The quantitative estimate of drug-likeness (QED) is 0.731. The summed E-state index contributed by atoms with van der Waals surface area (Å²) in [6.45, 7) is 3.56. The number of nitrogens with zero attached hydrogens (tertiary/aromatic N) is 5. The number of nitrogen functional groups attached to an aromatic ring is 1. The van der Waals surface area contributed by atoms with Crippen molar-refractivity contribution in [2.45, 2.75) is 13.8 Å². The van der Waals surface area contributed by atoms with Gasteiger partial charge in [0, 0.05) is 38.5 Å². The van der Waals surface area contributed by atoms with Crippen molar-refractivity contribution < 1.29 is 9.32 Å². The predicted molar refractivity (Wildman–Crippen MR) is 97.0 cm³/mol. The SMILES string of the molecule is Cc1nc(-c2cnc(Nc3ccc(C(=O)N(C)C)c(C)c3)nc2N)no1. The van der Waals surface area contributed by atoms with Gasteiger partial charge in [0.05, 0.1) is 5.56 Å². The molecule has 0 aliphatic rings. The van der Waals surface area contributed by atoms with E-state index in [1.807, 2.05) is 13.0 Å². The number of amides is 1. The highest BCUT2D eigenvalue weighted by atomic mass is 16.5. The summed E-state index contributed by atoms with van der Waals surface area (Å²) < 4.78 is 4.94. The second-order valence-corrected chi connectivity index (χ2v) is 5.98. The van der Waals surface area contributed by atoms with Crippen molar-refractivity contribution in [1.29, 1.82) is 0 Å². The maximum atomic E-state index is 12.1. The van der Waals surface area contributed by atoms with Gasteiger partial charge in [-0.05, 0) is 30.7 Å². The first-order valence-corrected chi connectivity index (χ1v) is 7.87. The minimum absolute atomic E-state index is 0.0469. The van der Waals surface area contributed by atoms with Gasteiger partial charge in [-0.2, -0.15) is 9.97 Å². The standard InChI is InChI=1S/C17H19N7O2/c1-9-7-11(5-6-12(9)16(25)24(3)4)21-17-19-8-13(14(18)22-17)15-20-10(2)26-23-15/h5-8H,1-4H3,(H3,18,19,21,22). The van der Waals surface area contributed by atoms with Crippen LogP contribution in [0.2, 0.25) is 0 Å². The van der Waals surface area contributed by atoms with E-state index in [0.29, 0.717) is 28.8 Å². The molecule has 3 aromatic rings. The van der Waals surface area contributed by atoms with Crippen LogP contribution in [0.1, 0.15) is 21.8 Å². The number of hydrogen-bond donors (Lipinski definition) is 2. The molecule has 0 saturated heterocycles. The van der Waals surface area contributed by atoms with E-state index in [1.165, 1.54) is 11.1 Å². The van der Waals surface area contributed by atoms with Gasteiger partial charge < -0.3 is 20.5 Å². The highest BCUT2D eigenvalue weighted by Gasteiger charge is 2.14. The molecular formula is C17H19N7O2. The lowest BCUT2D eigenvalue weighted by Crippen LogP contribution is -2.22. The van der Waals surface area contributed by atoms with Crippen molar-refractivity contribution in [3.63, 3.8) is 0 Å². The summed E-state index contributed by atoms with van der Waals surface area (Å²) in [5, 5.41) is 6.88. The molecule has 9 heteroatoms. The van der Waals surface area contributed by atoms with Crippen molar-refractivity contribution in [2.75, 3.05) is 25.1 Å². The number of hydrogen-bond acceptors (Lipinski definition) is 8. The Bertz CT molecular complexity index is 965. The Balaban J connectivity index is 1.82. The minimum atomic E-state index is -0.0469. The topological polar surface area (TPSA) is 123 Å². The maximum Gasteiger partial charge on any atom is 0.253 e. The fourth-order valence-electron chi connectivity index (χ4n) is 2.39. The Labute approximate surface area is 150 Å². The number of anilines is 3. The van der Waals surface area contributed by atoms with Crippen LogP contribution in [0.25, 0.3) is 11.4 Å². The summed E-state index contributed by atoms with van der Waals surface area (Å²) in [4.78, 5) is 26.2. The van der Waals surface area contributed by atoms with Gasteiger partial charge in [-0.1, -0.05) is 5.16 Å². The van der Waals surface area contributed by atoms with Crippen LogP contribution >= 0.6 is 0 Å². The molecule has 0 unspecified atom stereocenters. The number of carbonyl (C=O) groups is 1. The lowest BCUT2D eigenvalue weighted by molar-refractivity contribution is 0.0827. The predicted octanol–water partition coefficient (Wildman–Crippen LogP) is 2.17. The van der Waals surface area contributed by atoms with E-state index in [4.69, 9.17) is 10.3 Å². The van der Waals surface area contributed by atoms with Crippen LogP contribution < -0.4 is 11.1 Å². The van der Waals surface area contributed by atoms with Gasteiger partial charge in [-0.25, -0.2) is 4.98 Å². The molecule has 0 fully saturated rings. The van der Waals surface area contributed by atoms with Gasteiger partial charge in [-0.3, -0.25) is 4.79 Å². The van der Waals surface area contributed by atoms with Crippen LogP contribution in [-0.2, 0) is 0 Å². The zero-order valence-electron chi connectivity index (χ0n) is 14.9. The van der Waals surface area contributed by atoms with E-state index in [-0.39, 0.29) is 11.7 Å². The molecule has 1 aromatic carbocycles.